The number of aryl methyl sites for hydroxylation is 1. The molecule has 0 aliphatic carbocycles. The molecular weight excluding hydrogens is 376 g/mol. The zero-order valence-corrected chi connectivity index (χ0v) is 17.5. The summed E-state index contributed by atoms with van der Waals surface area (Å²) in [7, 11) is 0. The number of hydrogen-bond donors (Lipinski definition) is 1. The van der Waals surface area contributed by atoms with Crippen LogP contribution in [0.25, 0.3) is 0 Å². The fraction of sp³-hybridized carbons (Fsp3) is 0.810. The Balaban J connectivity index is 1.38. The highest BCUT2D eigenvalue weighted by Gasteiger charge is 2.38. The first kappa shape index (κ1) is 20.6. The van der Waals surface area contributed by atoms with Crippen molar-refractivity contribution in [3.63, 3.8) is 0 Å². The number of amides is 1. The maximum absolute atomic E-state index is 13.7. The highest BCUT2D eigenvalue weighted by atomic mass is 19.3. The van der Waals surface area contributed by atoms with Gasteiger partial charge in [0.25, 0.3) is 6.43 Å². The first-order valence-corrected chi connectivity index (χ1v) is 11.0. The van der Waals surface area contributed by atoms with Crippen molar-refractivity contribution >= 4 is 11.7 Å². The van der Waals surface area contributed by atoms with Crippen LogP contribution in [0.2, 0.25) is 0 Å². The topological polar surface area (TPSA) is 53.4 Å². The molecule has 0 bridgehead atoms. The van der Waals surface area contributed by atoms with Gasteiger partial charge in [-0.3, -0.25) is 9.69 Å². The van der Waals surface area contributed by atoms with Gasteiger partial charge in [-0.15, -0.1) is 0 Å². The van der Waals surface area contributed by atoms with E-state index in [1.54, 1.807) is 0 Å². The second-order valence-corrected chi connectivity index (χ2v) is 9.20. The van der Waals surface area contributed by atoms with Crippen LogP contribution in [0, 0.1) is 18.8 Å². The Bertz CT molecular complexity index is 716. The third-order valence-corrected chi connectivity index (χ3v) is 6.91. The number of aromatic nitrogens is 2. The van der Waals surface area contributed by atoms with Crippen LogP contribution in [0.3, 0.4) is 0 Å². The summed E-state index contributed by atoms with van der Waals surface area (Å²) in [5.41, 5.74) is 0.745. The summed E-state index contributed by atoms with van der Waals surface area (Å²) in [4.78, 5) is 17.1. The Morgan fingerprint density at radius 3 is 2.76 bits per heavy atom. The van der Waals surface area contributed by atoms with Gasteiger partial charge in [-0.05, 0) is 64.0 Å². The van der Waals surface area contributed by atoms with E-state index in [2.05, 4.69) is 22.2 Å². The average Bonchev–Trinajstić information content (AvgIpc) is 3.09. The van der Waals surface area contributed by atoms with Crippen molar-refractivity contribution in [3.8, 4) is 0 Å². The Morgan fingerprint density at radius 2 is 2.03 bits per heavy atom. The predicted octanol–water partition coefficient (Wildman–Crippen LogP) is 3.15. The SMILES string of the molecule is Cc1cc2n(n1)[C@@H](C(F)F)C[C@@H](C1CCCN(C(=O)CN3CCC(C)CC3)C1)N2. The van der Waals surface area contributed by atoms with E-state index in [0.29, 0.717) is 25.3 Å². The lowest BCUT2D eigenvalue weighted by Gasteiger charge is -2.41. The number of piperidine rings is 2. The number of nitrogens with one attached hydrogen (secondary N) is 1. The second-order valence-electron chi connectivity index (χ2n) is 9.20. The molecule has 3 aliphatic heterocycles. The lowest BCUT2D eigenvalue weighted by atomic mass is 9.86. The van der Waals surface area contributed by atoms with Gasteiger partial charge in [0.15, 0.2) is 0 Å². The number of carbonyl (C=O) groups excluding carboxylic acids is 1. The van der Waals surface area contributed by atoms with Crippen molar-refractivity contribution in [2.75, 3.05) is 38.0 Å². The maximum atomic E-state index is 13.7. The number of likely N-dealkylation sites (tertiary alicyclic amines) is 2. The number of rotatable bonds is 4. The number of halogens is 2. The monoisotopic (exact) mass is 409 g/mol. The number of fused-ring (bicyclic) bond motifs is 1. The molecule has 0 radical (unpaired) electrons. The molecule has 0 aromatic carbocycles. The molecule has 2 fully saturated rings. The van der Waals surface area contributed by atoms with E-state index in [0.717, 1.165) is 56.9 Å². The van der Waals surface area contributed by atoms with Crippen LogP contribution in [-0.2, 0) is 4.79 Å². The molecule has 0 spiro atoms. The summed E-state index contributed by atoms with van der Waals surface area (Å²) in [5, 5.41) is 7.69. The molecule has 4 heterocycles. The molecule has 1 unspecified atom stereocenters. The van der Waals surface area contributed by atoms with Gasteiger partial charge in [0.2, 0.25) is 5.91 Å². The Hall–Kier alpha value is -1.70. The summed E-state index contributed by atoms with van der Waals surface area (Å²) in [5.74, 6) is 1.80. The summed E-state index contributed by atoms with van der Waals surface area (Å²) in [6, 6.07) is 0.889. The van der Waals surface area contributed by atoms with Crippen molar-refractivity contribution < 1.29 is 13.6 Å². The summed E-state index contributed by atoms with van der Waals surface area (Å²) >= 11 is 0. The van der Waals surface area contributed by atoms with Crippen LogP contribution in [0.1, 0.15) is 50.8 Å². The summed E-state index contributed by atoms with van der Waals surface area (Å²) in [6.45, 7) is 8.01. The van der Waals surface area contributed by atoms with Gasteiger partial charge in [-0.2, -0.15) is 5.10 Å². The van der Waals surface area contributed by atoms with Gasteiger partial charge in [0.1, 0.15) is 11.9 Å². The van der Waals surface area contributed by atoms with Gasteiger partial charge >= 0.3 is 0 Å². The van der Waals surface area contributed by atoms with E-state index in [1.807, 2.05) is 17.9 Å². The normalized spacial score (nSPS) is 29.0. The molecule has 1 N–H and O–H groups in total. The number of carbonyl (C=O) groups is 1. The zero-order valence-electron chi connectivity index (χ0n) is 17.5. The molecule has 2 saturated heterocycles. The van der Waals surface area contributed by atoms with Crippen molar-refractivity contribution in [2.24, 2.45) is 11.8 Å². The lowest BCUT2D eigenvalue weighted by molar-refractivity contribution is -0.134. The minimum atomic E-state index is -2.44. The Kier molecular flexibility index (Phi) is 6.08. The van der Waals surface area contributed by atoms with Crippen LogP contribution in [0.4, 0.5) is 14.6 Å². The first-order chi connectivity index (χ1) is 13.9. The smallest absolute Gasteiger partial charge is 0.260 e. The van der Waals surface area contributed by atoms with E-state index in [-0.39, 0.29) is 17.9 Å². The number of anilines is 1. The van der Waals surface area contributed by atoms with E-state index in [4.69, 9.17) is 0 Å². The molecule has 1 amide bonds. The molecule has 1 aromatic heterocycles. The number of nitrogens with zero attached hydrogens (tertiary/aromatic N) is 4. The molecule has 29 heavy (non-hydrogen) atoms. The van der Waals surface area contributed by atoms with Crippen LogP contribution >= 0.6 is 0 Å². The predicted molar refractivity (Wildman–Crippen MR) is 108 cm³/mol. The van der Waals surface area contributed by atoms with Gasteiger partial charge in [0.05, 0.1) is 12.2 Å². The van der Waals surface area contributed by atoms with E-state index in [1.165, 1.54) is 4.68 Å². The maximum Gasteiger partial charge on any atom is 0.260 e. The quantitative estimate of drug-likeness (QED) is 0.830. The van der Waals surface area contributed by atoms with Crippen LogP contribution < -0.4 is 5.32 Å². The molecule has 1 aromatic rings. The molecule has 4 rings (SSSR count). The van der Waals surface area contributed by atoms with Crippen molar-refractivity contribution in [2.45, 2.75) is 64.5 Å². The standard InChI is InChI=1S/C21H33F2N5O/c1-14-5-8-26(9-6-14)13-20(29)27-7-3-4-16(12-27)17-11-18(21(22)23)28-19(24-17)10-15(2)25-28/h10,14,16-18,21,24H,3-9,11-13H2,1-2H3/t16?,17-,18+/m0/s1. The number of hydrogen-bond acceptors (Lipinski definition) is 4. The lowest BCUT2D eigenvalue weighted by Crippen LogP contribution is -2.50. The van der Waals surface area contributed by atoms with Crippen molar-refractivity contribution in [3.05, 3.63) is 11.8 Å². The molecular formula is C21H33F2N5O. The van der Waals surface area contributed by atoms with Crippen molar-refractivity contribution in [1.29, 1.82) is 0 Å². The van der Waals surface area contributed by atoms with Gasteiger partial charge in [-0.25, -0.2) is 13.5 Å². The molecule has 3 atom stereocenters. The zero-order chi connectivity index (χ0) is 20.5. The molecule has 8 heteroatoms. The second kappa shape index (κ2) is 8.58. The summed E-state index contributed by atoms with van der Waals surface area (Å²) < 4.78 is 28.8. The molecule has 3 aliphatic rings. The minimum absolute atomic E-state index is 0.0518. The Labute approximate surface area is 171 Å². The van der Waals surface area contributed by atoms with Gasteiger partial charge in [-0.1, -0.05) is 6.92 Å². The molecule has 6 nitrogen and oxygen atoms in total. The Morgan fingerprint density at radius 1 is 1.28 bits per heavy atom. The summed E-state index contributed by atoms with van der Waals surface area (Å²) in [6.07, 6.45) is 2.12. The van der Waals surface area contributed by atoms with E-state index in [9.17, 15) is 13.6 Å². The average molecular weight is 410 g/mol. The van der Waals surface area contributed by atoms with Crippen molar-refractivity contribution in [1.82, 2.24) is 19.6 Å². The van der Waals surface area contributed by atoms with E-state index >= 15 is 0 Å². The van der Waals surface area contributed by atoms with Crippen LogP contribution in [0.5, 0.6) is 0 Å². The largest absolute Gasteiger partial charge is 0.367 e. The minimum Gasteiger partial charge on any atom is -0.367 e. The number of alkyl halides is 2. The fourth-order valence-corrected chi connectivity index (χ4v) is 5.08. The van der Waals surface area contributed by atoms with Crippen LogP contribution in [0.15, 0.2) is 6.07 Å². The van der Waals surface area contributed by atoms with Gasteiger partial charge in [0, 0.05) is 25.2 Å². The molecule has 0 saturated carbocycles. The highest BCUT2D eigenvalue weighted by molar-refractivity contribution is 5.78. The van der Waals surface area contributed by atoms with Crippen LogP contribution in [-0.4, -0.2) is 70.7 Å². The first-order valence-electron chi connectivity index (χ1n) is 11.0. The van der Waals surface area contributed by atoms with E-state index < -0.39 is 12.5 Å². The van der Waals surface area contributed by atoms with Gasteiger partial charge < -0.3 is 10.2 Å². The fourth-order valence-electron chi connectivity index (χ4n) is 5.08. The highest BCUT2D eigenvalue weighted by Crippen LogP contribution is 2.36. The third kappa shape index (κ3) is 4.57. The third-order valence-electron chi connectivity index (χ3n) is 6.91. The molecule has 162 valence electrons.